The lowest BCUT2D eigenvalue weighted by Crippen LogP contribution is -2.08. The summed E-state index contributed by atoms with van der Waals surface area (Å²) in [6.45, 7) is 0. The summed E-state index contributed by atoms with van der Waals surface area (Å²) >= 11 is 6.44. The van der Waals surface area contributed by atoms with Crippen LogP contribution in [0, 0.1) is 11.7 Å². The number of fused-ring (bicyclic) bond motifs is 1. The van der Waals surface area contributed by atoms with E-state index in [-0.39, 0.29) is 35.4 Å². The van der Waals surface area contributed by atoms with Crippen molar-refractivity contribution in [2.24, 2.45) is 5.92 Å². The van der Waals surface area contributed by atoms with Gasteiger partial charge in [0, 0.05) is 22.9 Å². The Hall–Kier alpha value is -3.03. The molecule has 0 N–H and O–H groups in total. The van der Waals surface area contributed by atoms with Crippen molar-refractivity contribution >= 4 is 38.1 Å². The van der Waals surface area contributed by atoms with E-state index in [9.17, 15) is 17.6 Å². The Morgan fingerprint density at radius 1 is 1.09 bits per heavy atom. The SMILES string of the molecule is O=C(CCC1CCS(=O)(=O)C1)c1ccc2c(-c3ccccc3Cl)nn(-c3ccc(F)cc3)c2c1. The second-order valence-electron chi connectivity index (χ2n) is 8.68. The number of Topliss-reactive ketones (excluding diaryl/α,β-unsaturated/α-hetero) is 1. The van der Waals surface area contributed by atoms with Crippen LogP contribution in [-0.2, 0) is 9.84 Å². The average molecular weight is 497 g/mol. The van der Waals surface area contributed by atoms with E-state index in [0.29, 0.717) is 40.3 Å². The number of benzene rings is 3. The highest BCUT2D eigenvalue weighted by atomic mass is 35.5. The fourth-order valence-corrected chi connectivity index (χ4v) is 6.63. The number of hydrogen-bond acceptors (Lipinski definition) is 4. The molecule has 0 spiro atoms. The van der Waals surface area contributed by atoms with Crippen molar-refractivity contribution in [1.82, 2.24) is 9.78 Å². The fourth-order valence-electron chi connectivity index (χ4n) is 4.50. The van der Waals surface area contributed by atoms with Crippen LogP contribution in [0.1, 0.15) is 29.6 Å². The number of carbonyl (C=O) groups excluding carboxylic acids is 1. The van der Waals surface area contributed by atoms with E-state index in [1.807, 2.05) is 24.3 Å². The molecule has 0 aliphatic carbocycles. The lowest BCUT2D eigenvalue weighted by Gasteiger charge is -2.08. The van der Waals surface area contributed by atoms with Gasteiger partial charge in [0.05, 0.1) is 27.7 Å². The molecule has 174 valence electrons. The monoisotopic (exact) mass is 496 g/mol. The number of aromatic nitrogens is 2. The van der Waals surface area contributed by atoms with Gasteiger partial charge in [0.1, 0.15) is 11.5 Å². The molecule has 1 atom stereocenters. The van der Waals surface area contributed by atoms with Crippen molar-refractivity contribution in [2.75, 3.05) is 11.5 Å². The van der Waals surface area contributed by atoms with Crippen molar-refractivity contribution in [1.29, 1.82) is 0 Å². The van der Waals surface area contributed by atoms with Crippen LogP contribution in [0.15, 0.2) is 66.7 Å². The Morgan fingerprint density at radius 3 is 2.56 bits per heavy atom. The van der Waals surface area contributed by atoms with E-state index >= 15 is 0 Å². The van der Waals surface area contributed by atoms with Gasteiger partial charge in [-0.2, -0.15) is 5.10 Å². The first kappa shape index (κ1) is 22.7. The van der Waals surface area contributed by atoms with E-state index in [1.165, 1.54) is 12.1 Å². The molecule has 5 rings (SSSR count). The van der Waals surface area contributed by atoms with Crippen molar-refractivity contribution < 1.29 is 17.6 Å². The van der Waals surface area contributed by atoms with E-state index < -0.39 is 9.84 Å². The Bertz CT molecular complexity index is 1500. The summed E-state index contributed by atoms with van der Waals surface area (Å²) in [5.41, 5.74) is 3.32. The van der Waals surface area contributed by atoms with Gasteiger partial charge in [0.2, 0.25) is 0 Å². The maximum atomic E-state index is 13.5. The van der Waals surface area contributed by atoms with E-state index in [0.717, 1.165) is 10.9 Å². The van der Waals surface area contributed by atoms with E-state index in [1.54, 1.807) is 35.0 Å². The van der Waals surface area contributed by atoms with Crippen LogP contribution in [0.5, 0.6) is 0 Å². The first-order valence-corrected chi connectivity index (χ1v) is 13.3. The molecule has 2 heterocycles. The average Bonchev–Trinajstić information content (AvgIpc) is 3.37. The molecule has 1 unspecified atom stereocenters. The molecule has 0 radical (unpaired) electrons. The van der Waals surface area contributed by atoms with Crippen molar-refractivity contribution in [3.63, 3.8) is 0 Å². The lowest BCUT2D eigenvalue weighted by molar-refractivity contribution is 0.0975. The minimum Gasteiger partial charge on any atom is -0.294 e. The van der Waals surface area contributed by atoms with Crippen molar-refractivity contribution in [3.05, 3.63) is 83.1 Å². The van der Waals surface area contributed by atoms with Crippen molar-refractivity contribution in [2.45, 2.75) is 19.3 Å². The van der Waals surface area contributed by atoms with Gasteiger partial charge < -0.3 is 0 Å². The van der Waals surface area contributed by atoms with Crippen LogP contribution in [0.3, 0.4) is 0 Å². The number of halogens is 2. The molecule has 1 aromatic heterocycles. The molecule has 1 fully saturated rings. The zero-order valence-electron chi connectivity index (χ0n) is 18.2. The summed E-state index contributed by atoms with van der Waals surface area (Å²) in [6, 6.07) is 18.8. The zero-order chi connectivity index (χ0) is 23.9. The number of carbonyl (C=O) groups is 1. The van der Waals surface area contributed by atoms with Crippen molar-refractivity contribution in [3.8, 4) is 16.9 Å². The first-order chi connectivity index (χ1) is 16.3. The van der Waals surface area contributed by atoms with Gasteiger partial charge in [-0.05, 0) is 61.2 Å². The summed E-state index contributed by atoms with van der Waals surface area (Å²) in [5.74, 6) is 0.0140. The number of sulfone groups is 1. The second kappa shape index (κ2) is 8.96. The first-order valence-electron chi connectivity index (χ1n) is 11.1. The number of ketones is 1. The smallest absolute Gasteiger partial charge is 0.162 e. The van der Waals surface area contributed by atoms with Gasteiger partial charge >= 0.3 is 0 Å². The summed E-state index contributed by atoms with van der Waals surface area (Å²) in [7, 11) is -2.96. The summed E-state index contributed by atoms with van der Waals surface area (Å²) in [4.78, 5) is 13.0. The molecule has 1 aliphatic rings. The minimum absolute atomic E-state index is 0.0363. The molecule has 1 aliphatic heterocycles. The molecule has 0 saturated carbocycles. The minimum atomic E-state index is -2.96. The van der Waals surface area contributed by atoms with Crippen LogP contribution < -0.4 is 0 Å². The number of rotatable bonds is 6. The van der Waals surface area contributed by atoms with Gasteiger partial charge in [-0.1, -0.05) is 35.9 Å². The molecular formula is C26H22ClFN2O3S. The normalized spacial score (nSPS) is 17.3. The molecule has 4 aromatic rings. The highest BCUT2D eigenvalue weighted by Crippen LogP contribution is 2.35. The number of nitrogens with zero attached hydrogens (tertiary/aromatic N) is 2. The molecule has 5 nitrogen and oxygen atoms in total. The van der Waals surface area contributed by atoms with Crippen LogP contribution in [-0.4, -0.2) is 35.5 Å². The molecule has 8 heteroatoms. The third-order valence-corrected chi connectivity index (χ3v) is 8.48. The molecular weight excluding hydrogens is 475 g/mol. The van der Waals surface area contributed by atoms with Crippen LogP contribution >= 0.6 is 11.6 Å². The van der Waals surface area contributed by atoms with E-state index in [4.69, 9.17) is 16.7 Å². The maximum absolute atomic E-state index is 13.5. The fraction of sp³-hybridized carbons (Fsp3) is 0.231. The van der Waals surface area contributed by atoms with Gasteiger partial charge in [0.15, 0.2) is 15.6 Å². The van der Waals surface area contributed by atoms with Gasteiger partial charge in [-0.25, -0.2) is 17.5 Å². The second-order valence-corrected chi connectivity index (χ2v) is 11.3. The summed E-state index contributed by atoms with van der Waals surface area (Å²) in [5, 5.41) is 6.15. The quantitative estimate of drug-likeness (QED) is 0.312. The maximum Gasteiger partial charge on any atom is 0.162 e. The van der Waals surface area contributed by atoms with Crippen LogP contribution in [0.25, 0.3) is 27.8 Å². The largest absolute Gasteiger partial charge is 0.294 e. The molecule has 0 amide bonds. The topological polar surface area (TPSA) is 69.0 Å². The summed E-state index contributed by atoms with van der Waals surface area (Å²) in [6.07, 6.45) is 1.46. The van der Waals surface area contributed by atoms with Gasteiger partial charge in [-0.15, -0.1) is 0 Å². The third-order valence-electron chi connectivity index (χ3n) is 6.31. The molecule has 3 aromatic carbocycles. The highest BCUT2D eigenvalue weighted by Gasteiger charge is 2.28. The predicted octanol–water partition coefficient (Wildman–Crippen LogP) is 5.88. The standard InChI is InChI=1S/C26H22ClFN2O3S/c27-23-4-2-1-3-21(23)26-22-11-6-18(25(31)12-5-17-13-14-34(32,33)16-17)15-24(22)30(29-26)20-9-7-19(28)8-10-20/h1-4,6-11,15,17H,5,12-14,16H2. The van der Waals surface area contributed by atoms with Crippen LogP contribution in [0.4, 0.5) is 4.39 Å². The zero-order valence-corrected chi connectivity index (χ0v) is 19.8. The Kier molecular flexibility index (Phi) is 6.00. The predicted molar refractivity (Wildman–Crippen MR) is 132 cm³/mol. The van der Waals surface area contributed by atoms with E-state index in [2.05, 4.69) is 0 Å². The van der Waals surface area contributed by atoms with Crippen LogP contribution in [0.2, 0.25) is 5.02 Å². The Balaban J connectivity index is 1.53. The van der Waals surface area contributed by atoms with Gasteiger partial charge in [-0.3, -0.25) is 4.79 Å². The third kappa shape index (κ3) is 4.50. The number of hydrogen-bond donors (Lipinski definition) is 0. The Morgan fingerprint density at radius 2 is 1.85 bits per heavy atom. The highest BCUT2D eigenvalue weighted by molar-refractivity contribution is 7.91. The Labute approximate surface area is 202 Å². The molecule has 0 bridgehead atoms. The summed E-state index contributed by atoms with van der Waals surface area (Å²) < 4.78 is 38.7. The molecule has 34 heavy (non-hydrogen) atoms. The lowest BCUT2D eigenvalue weighted by atomic mass is 9.97. The molecule has 1 saturated heterocycles. The van der Waals surface area contributed by atoms with Gasteiger partial charge in [0.25, 0.3) is 0 Å².